The van der Waals surface area contributed by atoms with Crippen LogP contribution in [-0.2, 0) is 0 Å². The predicted octanol–water partition coefficient (Wildman–Crippen LogP) is 0.488. The van der Waals surface area contributed by atoms with E-state index in [-0.39, 0.29) is 0 Å². The topological polar surface area (TPSA) is 18.5 Å². The van der Waals surface area contributed by atoms with Crippen molar-refractivity contribution in [1.82, 2.24) is 15.3 Å². The fourth-order valence-corrected chi connectivity index (χ4v) is 2.42. The van der Waals surface area contributed by atoms with E-state index in [4.69, 9.17) is 0 Å². The number of halogens is 1. The molecule has 14 heavy (non-hydrogen) atoms. The third kappa shape index (κ3) is 2.90. The van der Waals surface area contributed by atoms with Gasteiger partial charge in [-0.25, -0.2) is 0 Å². The molecule has 2 heterocycles. The van der Waals surface area contributed by atoms with Gasteiger partial charge in [0.1, 0.15) is 0 Å². The molecule has 0 amide bonds. The van der Waals surface area contributed by atoms with Gasteiger partial charge in [0.05, 0.1) is 0 Å². The van der Waals surface area contributed by atoms with Crippen LogP contribution in [0.5, 0.6) is 0 Å². The van der Waals surface area contributed by atoms with E-state index in [0.29, 0.717) is 19.0 Å². The van der Waals surface area contributed by atoms with Crippen LogP contribution in [-0.4, -0.2) is 55.8 Å². The van der Waals surface area contributed by atoms with E-state index in [0.717, 1.165) is 44.3 Å². The van der Waals surface area contributed by atoms with E-state index in [1.54, 1.807) is 0 Å². The number of nitrogens with one attached hydrogen (secondary N) is 1. The molecule has 2 saturated heterocycles. The van der Waals surface area contributed by atoms with Crippen LogP contribution in [0.15, 0.2) is 0 Å². The van der Waals surface area contributed by atoms with Crippen LogP contribution < -0.4 is 5.32 Å². The lowest BCUT2D eigenvalue weighted by Crippen LogP contribution is -2.47. The molecule has 1 atom stereocenters. The largest absolute Gasteiger partial charge is 0.314 e. The Labute approximate surface area is 85.2 Å². The van der Waals surface area contributed by atoms with Gasteiger partial charge < -0.3 is 10.2 Å². The lowest BCUT2D eigenvalue weighted by molar-refractivity contribution is -0.0231. The number of hydrogen-bond donors (Lipinski definition) is 1. The van der Waals surface area contributed by atoms with Gasteiger partial charge in [-0.1, -0.05) is 0 Å². The molecule has 82 valence electrons. The quantitative estimate of drug-likeness (QED) is 0.656. The standard InChI is InChI=1S/C10H20FN3/c11-14-5-1-2-10(9-14)8-13-6-3-12-4-7-13/h10,12H,1-9H2. The second-order valence-corrected chi connectivity index (χ2v) is 4.43. The summed E-state index contributed by atoms with van der Waals surface area (Å²) >= 11 is 0. The van der Waals surface area contributed by atoms with Crippen LogP contribution in [0.1, 0.15) is 12.8 Å². The first-order chi connectivity index (χ1) is 6.84. The fraction of sp³-hybridized carbons (Fsp3) is 1.00. The van der Waals surface area contributed by atoms with Gasteiger partial charge in [0.15, 0.2) is 0 Å². The summed E-state index contributed by atoms with van der Waals surface area (Å²) in [4.78, 5) is 2.46. The summed E-state index contributed by atoms with van der Waals surface area (Å²) in [6.07, 6.45) is 2.22. The second kappa shape index (κ2) is 5.05. The minimum atomic E-state index is 0.548. The third-order valence-electron chi connectivity index (χ3n) is 3.20. The average molecular weight is 201 g/mol. The molecule has 0 spiro atoms. The van der Waals surface area contributed by atoms with Crippen molar-refractivity contribution in [2.24, 2.45) is 5.92 Å². The zero-order valence-corrected chi connectivity index (χ0v) is 8.71. The van der Waals surface area contributed by atoms with Crippen LogP contribution >= 0.6 is 0 Å². The van der Waals surface area contributed by atoms with Crippen molar-refractivity contribution in [3.8, 4) is 0 Å². The minimum Gasteiger partial charge on any atom is -0.314 e. The van der Waals surface area contributed by atoms with Crippen molar-refractivity contribution in [3.63, 3.8) is 0 Å². The van der Waals surface area contributed by atoms with Crippen molar-refractivity contribution >= 4 is 0 Å². The van der Waals surface area contributed by atoms with Crippen LogP contribution in [0.25, 0.3) is 0 Å². The van der Waals surface area contributed by atoms with Crippen LogP contribution in [0, 0.1) is 5.92 Å². The van der Waals surface area contributed by atoms with Crippen molar-refractivity contribution in [2.75, 3.05) is 45.8 Å². The van der Waals surface area contributed by atoms with E-state index in [1.165, 1.54) is 6.42 Å². The SMILES string of the molecule is FN1CCCC(CN2CCNCC2)C1. The molecule has 0 radical (unpaired) electrons. The van der Waals surface area contributed by atoms with Gasteiger partial charge >= 0.3 is 0 Å². The molecule has 0 bridgehead atoms. The van der Waals surface area contributed by atoms with E-state index in [2.05, 4.69) is 10.2 Å². The summed E-state index contributed by atoms with van der Waals surface area (Å²) in [5, 5.41) is 4.32. The van der Waals surface area contributed by atoms with Gasteiger partial charge in [-0.2, -0.15) is 0 Å². The minimum absolute atomic E-state index is 0.548. The molecule has 4 heteroatoms. The van der Waals surface area contributed by atoms with Gasteiger partial charge in [0.2, 0.25) is 0 Å². The molecule has 2 rings (SSSR count). The molecule has 2 aliphatic rings. The van der Waals surface area contributed by atoms with Gasteiger partial charge in [-0.15, -0.1) is 9.60 Å². The van der Waals surface area contributed by atoms with E-state index >= 15 is 0 Å². The van der Waals surface area contributed by atoms with Crippen molar-refractivity contribution in [1.29, 1.82) is 0 Å². The number of nitrogens with zero attached hydrogens (tertiary/aromatic N) is 2. The van der Waals surface area contributed by atoms with Crippen molar-refractivity contribution < 1.29 is 4.48 Å². The Bertz CT molecular complexity index is 171. The number of rotatable bonds is 2. The van der Waals surface area contributed by atoms with Crippen molar-refractivity contribution in [2.45, 2.75) is 12.8 Å². The van der Waals surface area contributed by atoms with Gasteiger partial charge in [-0.3, -0.25) is 0 Å². The van der Waals surface area contributed by atoms with Crippen LogP contribution in [0.4, 0.5) is 4.48 Å². The highest BCUT2D eigenvalue weighted by Crippen LogP contribution is 2.17. The Hall–Kier alpha value is -0.190. The fourth-order valence-electron chi connectivity index (χ4n) is 2.42. The van der Waals surface area contributed by atoms with E-state index < -0.39 is 0 Å². The summed E-state index contributed by atoms with van der Waals surface area (Å²) in [6.45, 7) is 6.80. The van der Waals surface area contributed by atoms with E-state index in [1.807, 2.05) is 0 Å². The van der Waals surface area contributed by atoms with Crippen LogP contribution in [0.2, 0.25) is 0 Å². The maximum atomic E-state index is 13.0. The monoisotopic (exact) mass is 201 g/mol. The predicted molar refractivity (Wildman–Crippen MR) is 54.7 cm³/mol. The molecule has 0 aromatic rings. The molecule has 0 saturated carbocycles. The zero-order chi connectivity index (χ0) is 9.80. The summed E-state index contributed by atoms with van der Waals surface area (Å²) in [7, 11) is 0. The number of piperidine rings is 1. The Morgan fingerprint density at radius 2 is 2.00 bits per heavy atom. The molecule has 1 N–H and O–H groups in total. The molecule has 2 aliphatic heterocycles. The summed E-state index contributed by atoms with van der Waals surface area (Å²) in [5.74, 6) is 0.548. The molecule has 3 nitrogen and oxygen atoms in total. The Balaban J connectivity index is 1.72. The third-order valence-corrected chi connectivity index (χ3v) is 3.20. The summed E-state index contributed by atoms with van der Waals surface area (Å²) < 4.78 is 13.0. The molecule has 0 aliphatic carbocycles. The molecule has 0 aromatic carbocycles. The van der Waals surface area contributed by atoms with Gasteiger partial charge in [0.25, 0.3) is 0 Å². The summed E-state index contributed by atoms with van der Waals surface area (Å²) in [6, 6.07) is 0. The Morgan fingerprint density at radius 1 is 1.21 bits per heavy atom. The highest BCUT2D eigenvalue weighted by atomic mass is 19.2. The number of hydrogen-bond acceptors (Lipinski definition) is 3. The molecule has 1 unspecified atom stereocenters. The highest BCUT2D eigenvalue weighted by Gasteiger charge is 2.22. The first kappa shape index (κ1) is 10.3. The lowest BCUT2D eigenvalue weighted by atomic mass is 9.98. The maximum Gasteiger partial charge on any atom is 0.0331 e. The van der Waals surface area contributed by atoms with Gasteiger partial charge in [0, 0.05) is 45.8 Å². The van der Waals surface area contributed by atoms with Crippen molar-refractivity contribution in [3.05, 3.63) is 0 Å². The Morgan fingerprint density at radius 3 is 2.71 bits per heavy atom. The first-order valence-corrected chi connectivity index (χ1v) is 5.68. The average Bonchev–Trinajstić information content (AvgIpc) is 2.19. The molecule has 0 aromatic heterocycles. The summed E-state index contributed by atoms with van der Waals surface area (Å²) in [5.41, 5.74) is 0. The molecular weight excluding hydrogens is 181 g/mol. The maximum absolute atomic E-state index is 13.0. The zero-order valence-electron chi connectivity index (χ0n) is 8.71. The lowest BCUT2D eigenvalue weighted by Gasteiger charge is -2.33. The first-order valence-electron chi connectivity index (χ1n) is 5.68. The second-order valence-electron chi connectivity index (χ2n) is 4.43. The van der Waals surface area contributed by atoms with E-state index in [9.17, 15) is 4.48 Å². The highest BCUT2D eigenvalue weighted by molar-refractivity contribution is 4.75. The molecule has 2 fully saturated rings. The number of piperazine rings is 1. The normalized spacial score (nSPS) is 31.9. The smallest absolute Gasteiger partial charge is 0.0331 e. The molecular formula is C10H20FN3. The van der Waals surface area contributed by atoms with Crippen LogP contribution in [0.3, 0.4) is 0 Å². The Kier molecular flexibility index (Phi) is 3.73. The van der Waals surface area contributed by atoms with Gasteiger partial charge in [-0.05, 0) is 18.8 Å².